The van der Waals surface area contributed by atoms with Crippen LogP contribution in [-0.2, 0) is 0 Å². The van der Waals surface area contributed by atoms with Crippen LogP contribution in [0.25, 0.3) is 0 Å². The van der Waals surface area contributed by atoms with Gasteiger partial charge in [0.05, 0.1) is 11.7 Å². The maximum absolute atomic E-state index is 6.06. The average Bonchev–Trinajstić information content (AvgIpc) is 2.29. The van der Waals surface area contributed by atoms with Crippen molar-refractivity contribution in [3.05, 3.63) is 64.9 Å². The van der Waals surface area contributed by atoms with Gasteiger partial charge in [-0.25, -0.2) is 4.98 Å². The lowest BCUT2D eigenvalue weighted by atomic mass is 10.0. The average molecular weight is 255 g/mol. The first-order valence-electron chi connectivity index (χ1n) is 4.70. The normalized spacial score (nSPS) is 11.6. The van der Waals surface area contributed by atoms with Gasteiger partial charge in [0.25, 0.3) is 0 Å². The predicted molar refractivity (Wildman–Crippen MR) is 69.0 cm³/mol. The lowest BCUT2D eigenvalue weighted by molar-refractivity contribution is 0.829. The van der Waals surface area contributed by atoms with Crippen LogP contribution in [0.15, 0.2) is 48.5 Å². The summed E-state index contributed by atoms with van der Waals surface area (Å²) in [4.78, 5) is 4.19. The van der Waals surface area contributed by atoms with Crippen LogP contribution in [0.5, 0.6) is 0 Å². The first kappa shape index (κ1) is 13.0. The molecule has 2 N–H and O–H groups in total. The van der Waals surface area contributed by atoms with Gasteiger partial charge in [0.15, 0.2) is 0 Å². The zero-order valence-corrected chi connectivity index (χ0v) is 10.1. The third kappa shape index (κ3) is 2.95. The summed E-state index contributed by atoms with van der Waals surface area (Å²) >= 11 is 5.81. The molecule has 84 valence electrons. The SMILES string of the molecule is Cl.N[C@H](c1ccccc1)c1cccc(Cl)n1. The minimum Gasteiger partial charge on any atom is -0.319 e. The highest BCUT2D eigenvalue weighted by Crippen LogP contribution is 2.18. The predicted octanol–water partition coefficient (Wildman–Crippen LogP) is 3.20. The van der Waals surface area contributed by atoms with Crippen LogP contribution in [0.2, 0.25) is 5.15 Å². The van der Waals surface area contributed by atoms with Gasteiger partial charge in [-0.1, -0.05) is 48.0 Å². The molecule has 0 radical (unpaired) electrons. The summed E-state index contributed by atoms with van der Waals surface area (Å²) < 4.78 is 0. The minimum atomic E-state index is -0.218. The monoisotopic (exact) mass is 254 g/mol. The number of nitrogens with zero attached hydrogens (tertiary/aromatic N) is 1. The van der Waals surface area contributed by atoms with Gasteiger partial charge in [0.2, 0.25) is 0 Å². The van der Waals surface area contributed by atoms with Crippen LogP contribution in [0.1, 0.15) is 17.3 Å². The van der Waals surface area contributed by atoms with Crippen LogP contribution in [0.4, 0.5) is 0 Å². The molecule has 2 aromatic rings. The lowest BCUT2D eigenvalue weighted by Gasteiger charge is -2.11. The van der Waals surface area contributed by atoms with Gasteiger partial charge in [-0.15, -0.1) is 12.4 Å². The number of hydrogen-bond acceptors (Lipinski definition) is 2. The van der Waals surface area contributed by atoms with Crippen molar-refractivity contribution in [2.75, 3.05) is 0 Å². The number of halogens is 2. The Morgan fingerprint density at radius 1 is 1.00 bits per heavy atom. The fourth-order valence-corrected chi connectivity index (χ4v) is 1.60. The Bertz CT molecular complexity index is 446. The summed E-state index contributed by atoms with van der Waals surface area (Å²) in [7, 11) is 0. The smallest absolute Gasteiger partial charge is 0.129 e. The second-order valence-corrected chi connectivity index (χ2v) is 3.66. The highest BCUT2D eigenvalue weighted by Gasteiger charge is 2.09. The van der Waals surface area contributed by atoms with Gasteiger partial charge >= 0.3 is 0 Å². The highest BCUT2D eigenvalue weighted by atomic mass is 35.5. The molecule has 0 saturated carbocycles. The van der Waals surface area contributed by atoms with Gasteiger partial charge in [-0.2, -0.15) is 0 Å². The number of benzene rings is 1. The van der Waals surface area contributed by atoms with E-state index in [1.54, 1.807) is 6.07 Å². The molecule has 1 aromatic heterocycles. The Morgan fingerprint density at radius 2 is 1.69 bits per heavy atom. The molecule has 1 aromatic carbocycles. The third-order valence-corrected chi connectivity index (χ3v) is 2.42. The first-order valence-corrected chi connectivity index (χ1v) is 5.08. The molecule has 16 heavy (non-hydrogen) atoms. The second-order valence-electron chi connectivity index (χ2n) is 3.27. The summed E-state index contributed by atoms with van der Waals surface area (Å²) in [5, 5.41) is 0.471. The Labute approximate surface area is 106 Å². The number of nitrogens with two attached hydrogens (primary N) is 1. The van der Waals surface area contributed by atoms with Gasteiger partial charge < -0.3 is 5.73 Å². The molecular formula is C12H12Cl2N2. The molecule has 2 rings (SSSR count). The molecule has 0 saturated heterocycles. The molecule has 0 unspecified atom stereocenters. The van der Waals surface area contributed by atoms with Crippen molar-refractivity contribution in [2.45, 2.75) is 6.04 Å². The van der Waals surface area contributed by atoms with Crippen molar-refractivity contribution in [1.82, 2.24) is 4.98 Å². The third-order valence-electron chi connectivity index (χ3n) is 2.21. The number of rotatable bonds is 2. The van der Waals surface area contributed by atoms with Crippen molar-refractivity contribution in [3.63, 3.8) is 0 Å². The molecule has 0 spiro atoms. The second kappa shape index (κ2) is 5.85. The zero-order chi connectivity index (χ0) is 10.7. The first-order chi connectivity index (χ1) is 7.27. The van der Waals surface area contributed by atoms with E-state index in [1.165, 1.54) is 0 Å². The zero-order valence-electron chi connectivity index (χ0n) is 8.51. The fraction of sp³-hybridized carbons (Fsp3) is 0.0833. The Hall–Kier alpha value is -1.09. The molecule has 0 aliphatic carbocycles. The van der Waals surface area contributed by atoms with Crippen molar-refractivity contribution in [2.24, 2.45) is 5.73 Å². The number of aromatic nitrogens is 1. The summed E-state index contributed by atoms with van der Waals surface area (Å²) in [6.45, 7) is 0. The molecule has 2 nitrogen and oxygen atoms in total. The maximum atomic E-state index is 6.06. The van der Waals surface area contributed by atoms with Crippen LogP contribution < -0.4 is 5.73 Å². The van der Waals surface area contributed by atoms with Crippen molar-refractivity contribution in [1.29, 1.82) is 0 Å². The van der Waals surface area contributed by atoms with E-state index in [-0.39, 0.29) is 18.4 Å². The van der Waals surface area contributed by atoms with Crippen molar-refractivity contribution in [3.8, 4) is 0 Å². The van der Waals surface area contributed by atoms with Crippen LogP contribution in [-0.4, -0.2) is 4.98 Å². The summed E-state index contributed by atoms with van der Waals surface area (Å²) in [6, 6.07) is 15.1. The summed E-state index contributed by atoms with van der Waals surface area (Å²) in [6.07, 6.45) is 0. The van der Waals surface area contributed by atoms with E-state index in [0.29, 0.717) is 5.15 Å². The highest BCUT2D eigenvalue weighted by molar-refractivity contribution is 6.29. The van der Waals surface area contributed by atoms with Crippen molar-refractivity contribution >= 4 is 24.0 Å². The molecule has 0 bridgehead atoms. The van der Waals surface area contributed by atoms with E-state index >= 15 is 0 Å². The fourth-order valence-electron chi connectivity index (χ4n) is 1.43. The lowest BCUT2D eigenvalue weighted by Crippen LogP contribution is -2.13. The quantitative estimate of drug-likeness (QED) is 0.837. The number of pyridine rings is 1. The Kier molecular flexibility index (Phi) is 4.74. The maximum Gasteiger partial charge on any atom is 0.129 e. The largest absolute Gasteiger partial charge is 0.319 e. The van der Waals surface area contributed by atoms with Gasteiger partial charge in [-0.3, -0.25) is 0 Å². The number of hydrogen-bond donors (Lipinski definition) is 1. The van der Waals surface area contributed by atoms with Crippen LogP contribution >= 0.6 is 24.0 Å². The molecule has 0 fully saturated rings. The van der Waals surface area contributed by atoms with Crippen LogP contribution in [0, 0.1) is 0 Å². The Balaban J connectivity index is 0.00000128. The van der Waals surface area contributed by atoms with E-state index in [4.69, 9.17) is 17.3 Å². The topological polar surface area (TPSA) is 38.9 Å². The van der Waals surface area contributed by atoms with Gasteiger partial charge in [0, 0.05) is 0 Å². The van der Waals surface area contributed by atoms with E-state index in [9.17, 15) is 0 Å². The van der Waals surface area contributed by atoms with Gasteiger partial charge in [-0.05, 0) is 17.7 Å². The minimum absolute atomic E-state index is 0. The molecular weight excluding hydrogens is 243 g/mol. The standard InChI is InChI=1S/C12H11ClN2.ClH/c13-11-8-4-7-10(15-11)12(14)9-5-2-1-3-6-9;/h1-8,12H,14H2;1H/t12-;/m1./s1. The molecule has 0 amide bonds. The van der Waals surface area contributed by atoms with E-state index < -0.39 is 0 Å². The van der Waals surface area contributed by atoms with E-state index in [1.807, 2.05) is 42.5 Å². The van der Waals surface area contributed by atoms with Crippen LogP contribution in [0.3, 0.4) is 0 Å². The Morgan fingerprint density at radius 3 is 2.31 bits per heavy atom. The van der Waals surface area contributed by atoms with Crippen molar-refractivity contribution < 1.29 is 0 Å². The molecule has 4 heteroatoms. The molecule has 1 atom stereocenters. The molecule has 0 aliphatic rings. The van der Waals surface area contributed by atoms with E-state index in [0.717, 1.165) is 11.3 Å². The summed E-state index contributed by atoms with van der Waals surface area (Å²) in [5.74, 6) is 0. The van der Waals surface area contributed by atoms with Gasteiger partial charge in [0.1, 0.15) is 5.15 Å². The van der Waals surface area contributed by atoms with E-state index in [2.05, 4.69) is 4.98 Å². The summed E-state index contributed by atoms with van der Waals surface area (Å²) in [5.41, 5.74) is 7.88. The molecule has 0 aliphatic heterocycles. The molecule has 1 heterocycles.